The van der Waals surface area contributed by atoms with E-state index in [1.807, 2.05) is 0 Å². The molecule has 1 saturated heterocycles. The molecular formula is C27H25F8NO3S. The van der Waals surface area contributed by atoms with Gasteiger partial charge in [-0.05, 0) is 61.1 Å². The number of aldehydes is 1. The molecule has 0 bridgehead atoms. The van der Waals surface area contributed by atoms with Crippen LogP contribution < -0.4 is 0 Å². The molecule has 1 aliphatic carbocycles. The van der Waals surface area contributed by atoms with Crippen molar-refractivity contribution in [2.75, 3.05) is 13.1 Å². The summed E-state index contributed by atoms with van der Waals surface area (Å²) in [5.74, 6) is -1.40. The van der Waals surface area contributed by atoms with Crippen molar-refractivity contribution in [2.45, 2.75) is 59.8 Å². The van der Waals surface area contributed by atoms with E-state index in [1.54, 1.807) is 0 Å². The monoisotopic (exact) mass is 595 g/mol. The van der Waals surface area contributed by atoms with Gasteiger partial charge in [0, 0.05) is 35.9 Å². The van der Waals surface area contributed by atoms with E-state index in [0.717, 1.165) is 30.6 Å². The van der Waals surface area contributed by atoms with Crippen LogP contribution >= 0.6 is 0 Å². The molecule has 4 rings (SSSR count). The third-order valence-electron chi connectivity index (χ3n) is 7.83. The van der Waals surface area contributed by atoms with Gasteiger partial charge in [-0.2, -0.15) is 26.3 Å². The van der Waals surface area contributed by atoms with Crippen LogP contribution in [0, 0.1) is 17.7 Å². The zero-order valence-corrected chi connectivity index (χ0v) is 21.7. The van der Waals surface area contributed by atoms with Gasteiger partial charge in [-0.3, -0.25) is 4.79 Å². The number of rotatable bonds is 6. The van der Waals surface area contributed by atoms with Crippen molar-refractivity contribution >= 4 is 23.4 Å². The van der Waals surface area contributed by atoms with E-state index in [1.165, 1.54) is 17.0 Å². The van der Waals surface area contributed by atoms with Crippen LogP contribution in [0.25, 0.3) is 0 Å². The van der Waals surface area contributed by atoms with Crippen LogP contribution in [-0.2, 0) is 31.2 Å². The first kappa shape index (κ1) is 30.3. The Morgan fingerprint density at radius 1 is 0.900 bits per heavy atom. The maximum atomic E-state index is 14.6. The molecule has 2 aliphatic rings. The van der Waals surface area contributed by atoms with Crippen molar-refractivity contribution in [2.24, 2.45) is 11.8 Å². The molecule has 0 N–H and O–H groups in total. The third-order valence-corrected chi connectivity index (χ3v) is 9.81. The molecule has 2 atom stereocenters. The number of alkyl halides is 7. The smallest absolute Gasteiger partial charge is 0.435 e. The van der Waals surface area contributed by atoms with Gasteiger partial charge >= 0.3 is 18.0 Å². The van der Waals surface area contributed by atoms with E-state index in [0.29, 0.717) is 37.8 Å². The summed E-state index contributed by atoms with van der Waals surface area (Å²) < 4.78 is 120. The summed E-state index contributed by atoms with van der Waals surface area (Å²) in [6.07, 6.45) is -9.70. The molecule has 0 spiro atoms. The van der Waals surface area contributed by atoms with E-state index in [9.17, 15) is 49.3 Å². The number of likely N-dealkylation sites (tertiary alicyclic amines) is 1. The number of carbonyl (C=O) groups is 2. The van der Waals surface area contributed by atoms with E-state index < -0.39 is 45.3 Å². The zero-order chi connectivity index (χ0) is 29.5. The Balaban J connectivity index is 1.70. The molecule has 40 heavy (non-hydrogen) atoms. The lowest BCUT2D eigenvalue weighted by molar-refractivity contribution is -0.348. The Bertz CT molecular complexity index is 1200. The molecule has 2 aromatic rings. The van der Waals surface area contributed by atoms with Gasteiger partial charge in [0.1, 0.15) is 12.1 Å². The normalized spacial score (nSPS) is 25.1. The van der Waals surface area contributed by atoms with Gasteiger partial charge in [0.15, 0.2) is 9.64 Å². The first-order valence-electron chi connectivity index (χ1n) is 12.5. The van der Waals surface area contributed by atoms with Gasteiger partial charge in [0.25, 0.3) is 0 Å². The SMILES string of the molecule is O=CC1CCC(C(=O)N2CC[C@](c3ccc(C(F)(C(F)(F)F)C(F)(F)F)cc3)([S+]([O-])c3ccc(F)cc3)C2)CC1. The lowest BCUT2D eigenvalue weighted by Gasteiger charge is -2.34. The van der Waals surface area contributed by atoms with Crippen LogP contribution in [0.2, 0.25) is 0 Å². The standard InChI is InChI=1S/C27H25F8NO3S/c28-21-9-11-22(12-10-21)40(39)24(13-14-36(16-24)23(38)18-3-1-17(15-37)2-4-18)19-5-7-20(8-6-19)25(29,26(30,31)32)27(33,34)35/h5-12,15,17-18H,1-4,13-14,16H2/t17?,18?,24-,40?/m0/s1. The van der Waals surface area contributed by atoms with Crippen molar-refractivity contribution in [1.82, 2.24) is 4.90 Å². The predicted octanol–water partition coefficient (Wildman–Crippen LogP) is 6.36. The van der Waals surface area contributed by atoms with Crippen LogP contribution in [-0.4, -0.2) is 47.1 Å². The predicted molar refractivity (Wildman–Crippen MR) is 129 cm³/mol. The summed E-state index contributed by atoms with van der Waals surface area (Å²) in [5.41, 5.74) is -7.26. The lowest BCUT2D eigenvalue weighted by atomic mass is 9.82. The van der Waals surface area contributed by atoms with E-state index >= 15 is 0 Å². The summed E-state index contributed by atoms with van der Waals surface area (Å²) in [4.78, 5) is 26.0. The Morgan fingerprint density at radius 2 is 1.45 bits per heavy atom. The number of amides is 1. The van der Waals surface area contributed by atoms with Crippen LogP contribution in [0.3, 0.4) is 0 Å². The molecule has 2 aromatic carbocycles. The minimum atomic E-state index is -6.29. The molecule has 218 valence electrons. The number of hydrogen-bond donors (Lipinski definition) is 0. The molecule has 1 unspecified atom stereocenters. The van der Waals surface area contributed by atoms with Gasteiger partial charge in [0.2, 0.25) is 5.91 Å². The van der Waals surface area contributed by atoms with Crippen LogP contribution in [0.1, 0.15) is 43.2 Å². The molecule has 1 saturated carbocycles. The van der Waals surface area contributed by atoms with E-state index in [-0.39, 0.29) is 47.7 Å². The summed E-state index contributed by atoms with van der Waals surface area (Å²) in [7, 11) is 0. The van der Waals surface area contributed by atoms with Gasteiger partial charge in [-0.15, -0.1) is 0 Å². The average Bonchev–Trinajstić information content (AvgIpc) is 3.38. The maximum absolute atomic E-state index is 14.6. The zero-order valence-electron chi connectivity index (χ0n) is 20.9. The van der Waals surface area contributed by atoms with Crippen LogP contribution in [0.15, 0.2) is 53.4 Å². The van der Waals surface area contributed by atoms with Crippen molar-refractivity contribution < 1.29 is 49.3 Å². The summed E-state index contributed by atoms with van der Waals surface area (Å²) in [6.45, 7) is -0.0820. The molecule has 4 nitrogen and oxygen atoms in total. The molecule has 1 heterocycles. The first-order valence-corrected chi connectivity index (χ1v) is 13.6. The Kier molecular flexibility index (Phi) is 8.30. The van der Waals surface area contributed by atoms with Crippen molar-refractivity contribution in [3.63, 3.8) is 0 Å². The molecule has 1 aliphatic heterocycles. The van der Waals surface area contributed by atoms with Crippen LogP contribution in [0.5, 0.6) is 0 Å². The minimum absolute atomic E-state index is 0.0328. The van der Waals surface area contributed by atoms with Gasteiger partial charge in [0.05, 0.1) is 6.54 Å². The number of carbonyl (C=O) groups excluding carboxylic acids is 2. The number of benzene rings is 2. The van der Waals surface area contributed by atoms with Gasteiger partial charge in [-0.25, -0.2) is 8.78 Å². The third kappa shape index (κ3) is 5.34. The molecular weight excluding hydrogens is 570 g/mol. The molecule has 1 amide bonds. The Hall–Kier alpha value is -2.67. The Morgan fingerprint density at radius 3 is 1.95 bits per heavy atom. The van der Waals surface area contributed by atoms with E-state index in [4.69, 9.17) is 0 Å². The van der Waals surface area contributed by atoms with Crippen LogP contribution in [0.4, 0.5) is 35.1 Å². The van der Waals surface area contributed by atoms with E-state index in [2.05, 4.69) is 0 Å². The molecule has 0 aromatic heterocycles. The molecule has 0 radical (unpaired) electrons. The van der Waals surface area contributed by atoms with Crippen molar-refractivity contribution in [3.8, 4) is 0 Å². The quantitative estimate of drug-likeness (QED) is 0.222. The fourth-order valence-electron chi connectivity index (χ4n) is 5.50. The number of halogens is 8. The Labute approximate surface area is 227 Å². The second-order valence-corrected chi connectivity index (χ2v) is 12.0. The van der Waals surface area contributed by atoms with Crippen molar-refractivity contribution in [3.05, 3.63) is 65.5 Å². The van der Waals surface area contributed by atoms with Gasteiger partial charge in [-0.1, -0.05) is 24.3 Å². The van der Waals surface area contributed by atoms with Crippen molar-refractivity contribution in [1.29, 1.82) is 0 Å². The second kappa shape index (κ2) is 11.0. The highest BCUT2D eigenvalue weighted by molar-refractivity contribution is 7.92. The molecule has 2 fully saturated rings. The maximum Gasteiger partial charge on any atom is 0.435 e. The highest BCUT2D eigenvalue weighted by atomic mass is 32.2. The highest BCUT2D eigenvalue weighted by Gasteiger charge is 2.73. The summed E-state index contributed by atoms with van der Waals surface area (Å²) >= 11 is -2.03. The fraction of sp³-hybridized carbons (Fsp3) is 0.481. The average molecular weight is 596 g/mol. The number of nitrogens with zero attached hydrogens (tertiary/aromatic N) is 1. The lowest BCUT2D eigenvalue weighted by Crippen LogP contribution is -2.50. The number of hydrogen-bond acceptors (Lipinski definition) is 3. The minimum Gasteiger partial charge on any atom is -0.611 e. The summed E-state index contributed by atoms with van der Waals surface area (Å²) in [6, 6.07) is 7.06. The summed E-state index contributed by atoms with van der Waals surface area (Å²) in [5, 5.41) is 0. The fourth-order valence-corrected chi connectivity index (χ4v) is 7.23. The second-order valence-electron chi connectivity index (χ2n) is 10.2. The largest absolute Gasteiger partial charge is 0.611 e. The highest BCUT2D eigenvalue weighted by Crippen LogP contribution is 2.54. The molecule has 13 heteroatoms. The first-order chi connectivity index (χ1) is 18.6. The van der Waals surface area contributed by atoms with Gasteiger partial charge < -0.3 is 14.2 Å². The topological polar surface area (TPSA) is 60.4 Å².